The molecule has 0 saturated heterocycles. The fourth-order valence-corrected chi connectivity index (χ4v) is 4.83. The Morgan fingerprint density at radius 1 is 0.706 bits per heavy atom. The standard InChI is InChI=1S/C16H29.Ga/c1-13-3-7-15(8-4-13)11-12-16-9-5-14(2)6-10-16;/h13-16H,1,3-12H2,2H3;. The molecule has 0 aromatic heterocycles. The number of hydrogen-bond donors (Lipinski definition) is 0. The van der Waals surface area contributed by atoms with Crippen molar-refractivity contribution in [1.29, 1.82) is 0 Å². The fourth-order valence-electron chi connectivity index (χ4n) is 3.85. The zero-order chi connectivity index (χ0) is 12.1. The van der Waals surface area contributed by atoms with E-state index in [4.69, 9.17) is 0 Å². The van der Waals surface area contributed by atoms with Crippen LogP contribution in [0.25, 0.3) is 0 Å². The fraction of sp³-hybridized carbons (Fsp3) is 1.00. The molecule has 2 rings (SSSR count). The van der Waals surface area contributed by atoms with Gasteiger partial charge in [-0.1, -0.05) is 0 Å². The molecule has 0 unspecified atom stereocenters. The van der Waals surface area contributed by atoms with E-state index in [9.17, 15) is 0 Å². The summed E-state index contributed by atoms with van der Waals surface area (Å²) in [6.45, 7) is 2.43. The van der Waals surface area contributed by atoms with Crippen molar-refractivity contribution in [3.05, 3.63) is 0 Å². The van der Waals surface area contributed by atoms with Crippen molar-refractivity contribution in [2.75, 3.05) is 0 Å². The first-order valence-corrected chi connectivity index (χ1v) is 9.69. The van der Waals surface area contributed by atoms with Gasteiger partial charge < -0.3 is 0 Å². The van der Waals surface area contributed by atoms with Gasteiger partial charge in [0.1, 0.15) is 0 Å². The minimum atomic E-state index is 1.02. The predicted octanol–water partition coefficient (Wildman–Crippen LogP) is 4.99. The van der Waals surface area contributed by atoms with Crippen molar-refractivity contribution in [3.63, 3.8) is 0 Å². The Kier molecular flexibility index (Phi) is 6.02. The van der Waals surface area contributed by atoms with Crippen LogP contribution in [-0.4, -0.2) is 18.6 Å². The second-order valence-corrected chi connectivity index (χ2v) is 7.81. The van der Waals surface area contributed by atoms with Crippen LogP contribution in [0.4, 0.5) is 0 Å². The summed E-state index contributed by atoms with van der Waals surface area (Å²) in [6.07, 6.45) is 15.4. The summed E-state index contributed by atoms with van der Waals surface area (Å²) in [6, 6.07) is 0. The van der Waals surface area contributed by atoms with Crippen molar-refractivity contribution >= 4 is 18.6 Å². The molecule has 2 aliphatic carbocycles. The average molecular weight is 291 g/mol. The van der Waals surface area contributed by atoms with Crippen molar-refractivity contribution in [2.24, 2.45) is 23.7 Å². The predicted molar refractivity (Wildman–Crippen MR) is 76.4 cm³/mol. The van der Waals surface area contributed by atoms with Gasteiger partial charge in [0, 0.05) is 0 Å². The Morgan fingerprint density at radius 3 is 1.59 bits per heavy atom. The van der Waals surface area contributed by atoms with E-state index in [1.54, 1.807) is 38.5 Å². The van der Waals surface area contributed by atoms with Crippen molar-refractivity contribution < 1.29 is 0 Å². The topological polar surface area (TPSA) is 0 Å². The molecule has 0 N–H and O–H groups in total. The first-order chi connectivity index (χ1) is 8.28. The summed E-state index contributed by atoms with van der Waals surface area (Å²) in [7, 11) is 0. The van der Waals surface area contributed by atoms with Gasteiger partial charge in [-0.05, 0) is 0 Å². The summed E-state index contributed by atoms with van der Waals surface area (Å²) in [4.78, 5) is 1.49. The Labute approximate surface area is 118 Å². The van der Waals surface area contributed by atoms with E-state index < -0.39 is 0 Å². The molecule has 2 saturated carbocycles. The van der Waals surface area contributed by atoms with E-state index in [1.165, 1.54) is 30.7 Å². The first-order valence-electron chi connectivity index (χ1n) is 7.98. The molecule has 1 heteroatoms. The Morgan fingerprint density at radius 2 is 1.12 bits per heavy atom. The summed E-state index contributed by atoms with van der Waals surface area (Å²) in [5.74, 6) is 4.32. The van der Waals surface area contributed by atoms with Gasteiger partial charge in [0.25, 0.3) is 0 Å². The summed E-state index contributed by atoms with van der Waals surface area (Å²) in [5, 5.41) is 0. The molecule has 0 spiro atoms. The molecular weight excluding hydrogens is 262 g/mol. The number of rotatable bonds is 4. The maximum absolute atomic E-state index is 2.43. The average Bonchev–Trinajstić information content (AvgIpc) is 2.39. The second-order valence-electron chi connectivity index (χ2n) is 6.83. The summed E-state index contributed by atoms with van der Waals surface area (Å²) >= 11 is 1.95. The molecule has 0 atom stereocenters. The van der Waals surface area contributed by atoms with Gasteiger partial charge in [-0.15, -0.1) is 0 Å². The third kappa shape index (κ3) is 4.67. The van der Waals surface area contributed by atoms with Crippen LogP contribution < -0.4 is 0 Å². The SMILES string of the molecule is CC1CCC(CCC2CCC([CH2][Ga])CC2)CC1. The van der Waals surface area contributed by atoms with Crippen molar-refractivity contribution in [2.45, 2.75) is 76.1 Å². The van der Waals surface area contributed by atoms with E-state index in [0.717, 1.165) is 23.7 Å². The van der Waals surface area contributed by atoms with E-state index in [2.05, 4.69) is 6.92 Å². The Hall–Kier alpha value is 0.636. The molecule has 2 radical (unpaired) electrons. The normalized spacial score (nSPS) is 39.1. The molecule has 0 aliphatic heterocycles. The molecule has 0 nitrogen and oxygen atoms in total. The minimum absolute atomic E-state index is 1.02. The third-order valence-corrected chi connectivity index (χ3v) is 6.82. The Balaban J connectivity index is 1.59. The van der Waals surface area contributed by atoms with E-state index >= 15 is 0 Å². The quantitative estimate of drug-likeness (QED) is 0.640. The molecule has 0 heterocycles. The summed E-state index contributed by atoms with van der Waals surface area (Å²) < 4.78 is 0. The Bertz CT molecular complexity index is 198. The van der Waals surface area contributed by atoms with Crippen LogP contribution in [0.15, 0.2) is 0 Å². The van der Waals surface area contributed by atoms with Gasteiger partial charge in [0.05, 0.1) is 0 Å². The molecular formula is C16H29Ga. The van der Waals surface area contributed by atoms with Gasteiger partial charge in [-0.2, -0.15) is 0 Å². The number of hydrogen-bond acceptors (Lipinski definition) is 0. The summed E-state index contributed by atoms with van der Waals surface area (Å²) in [5.41, 5.74) is 0. The monoisotopic (exact) mass is 290 g/mol. The maximum atomic E-state index is 2.43. The van der Waals surface area contributed by atoms with Crippen molar-refractivity contribution in [3.8, 4) is 0 Å². The van der Waals surface area contributed by atoms with Crippen LogP contribution in [0.2, 0.25) is 4.98 Å². The van der Waals surface area contributed by atoms with Gasteiger partial charge in [0.15, 0.2) is 0 Å². The molecule has 0 amide bonds. The van der Waals surface area contributed by atoms with Crippen molar-refractivity contribution in [1.82, 2.24) is 0 Å². The van der Waals surface area contributed by atoms with Gasteiger partial charge in [-0.3, -0.25) is 0 Å². The van der Waals surface area contributed by atoms with E-state index in [1.807, 2.05) is 18.6 Å². The molecule has 17 heavy (non-hydrogen) atoms. The van der Waals surface area contributed by atoms with E-state index in [0.29, 0.717) is 0 Å². The van der Waals surface area contributed by atoms with Gasteiger partial charge in [-0.25, -0.2) is 0 Å². The van der Waals surface area contributed by atoms with Crippen LogP contribution in [-0.2, 0) is 0 Å². The van der Waals surface area contributed by atoms with Crippen LogP contribution >= 0.6 is 0 Å². The van der Waals surface area contributed by atoms with E-state index in [-0.39, 0.29) is 0 Å². The molecule has 0 aromatic carbocycles. The molecule has 2 fully saturated rings. The zero-order valence-electron chi connectivity index (χ0n) is 11.7. The van der Waals surface area contributed by atoms with Crippen LogP contribution in [0, 0.1) is 23.7 Å². The van der Waals surface area contributed by atoms with Gasteiger partial charge >= 0.3 is 118 Å². The third-order valence-electron chi connectivity index (χ3n) is 5.42. The second kappa shape index (κ2) is 7.28. The molecule has 0 bridgehead atoms. The zero-order valence-corrected chi connectivity index (χ0v) is 14.1. The van der Waals surface area contributed by atoms with Crippen LogP contribution in [0.3, 0.4) is 0 Å². The van der Waals surface area contributed by atoms with Crippen LogP contribution in [0.1, 0.15) is 71.1 Å². The molecule has 0 aromatic rings. The first kappa shape index (κ1) is 14.1. The molecule has 96 valence electrons. The van der Waals surface area contributed by atoms with Gasteiger partial charge in [0.2, 0.25) is 0 Å². The van der Waals surface area contributed by atoms with Crippen LogP contribution in [0.5, 0.6) is 0 Å². The molecule has 2 aliphatic rings.